The summed E-state index contributed by atoms with van der Waals surface area (Å²) in [4.78, 5) is 14.5. The standard InChI is InChI=1S/C23H28BrNO3/c1-23(2,3)28-22(26)25(14-17-9-10-17)15-19-11-20(24)13-21(12-19)27-16-18-7-5-4-6-8-18/h4-8,11-13,17H,9-10,14-16H2,1-3H3. The van der Waals surface area contributed by atoms with E-state index in [0.29, 0.717) is 19.1 Å². The lowest BCUT2D eigenvalue weighted by Gasteiger charge is -2.27. The molecule has 3 rings (SSSR count). The summed E-state index contributed by atoms with van der Waals surface area (Å²) in [6.07, 6.45) is 2.11. The number of amides is 1. The minimum Gasteiger partial charge on any atom is -0.489 e. The van der Waals surface area contributed by atoms with Crippen LogP contribution in [0.5, 0.6) is 5.75 Å². The summed E-state index contributed by atoms with van der Waals surface area (Å²) in [6, 6.07) is 16.1. The van der Waals surface area contributed by atoms with Crippen LogP contribution < -0.4 is 4.74 Å². The summed E-state index contributed by atoms with van der Waals surface area (Å²) in [6.45, 7) is 7.45. The lowest BCUT2D eigenvalue weighted by Crippen LogP contribution is -2.37. The Labute approximate surface area is 176 Å². The number of halogens is 1. The average molecular weight is 446 g/mol. The molecular weight excluding hydrogens is 418 g/mol. The smallest absolute Gasteiger partial charge is 0.410 e. The molecule has 0 aliphatic heterocycles. The Morgan fingerprint density at radius 2 is 1.82 bits per heavy atom. The second kappa shape index (κ2) is 8.99. The van der Waals surface area contributed by atoms with Crippen molar-refractivity contribution in [3.05, 3.63) is 64.1 Å². The van der Waals surface area contributed by atoms with Crippen LogP contribution in [0.15, 0.2) is 53.0 Å². The zero-order valence-electron chi connectivity index (χ0n) is 16.8. The molecule has 1 amide bonds. The maximum absolute atomic E-state index is 12.7. The molecule has 0 N–H and O–H groups in total. The third kappa shape index (κ3) is 6.86. The van der Waals surface area contributed by atoms with Crippen LogP contribution in [-0.2, 0) is 17.9 Å². The van der Waals surface area contributed by atoms with Crippen LogP contribution in [0.25, 0.3) is 0 Å². The fourth-order valence-corrected chi connectivity index (χ4v) is 3.42. The number of ether oxygens (including phenoxy) is 2. The summed E-state index contributed by atoms with van der Waals surface area (Å²) in [5, 5.41) is 0. The van der Waals surface area contributed by atoms with Crippen molar-refractivity contribution in [2.45, 2.75) is 52.4 Å². The molecule has 0 radical (unpaired) electrons. The van der Waals surface area contributed by atoms with Crippen molar-refractivity contribution in [1.29, 1.82) is 0 Å². The summed E-state index contributed by atoms with van der Waals surface area (Å²) in [5.74, 6) is 1.37. The molecule has 0 heterocycles. The summed E-state index contributed by atoms with van der Waals surface area (Å²) in [7, 11) is 0. The summed E-state index contributed by atoms with van der Waals surface area (Å²) >= 11 is 3.56. The molecule has 1 aliphatic carbocycles. The normalized spacial score (nSPS) is 13.9. The van der Waals surface area contributed by atoms with Crippen molar-refractivity contribution in [3.8, 4) is 5.75 Å². The zero-order valence-corrected chi connectivity index (χ0v) is 18.4. The van der Waals surface area contributed by atoms with Gasteiger partial charge in [0.2, 0.25) is 0 Å². The van der Waals surface area contributed by atoms with E-state index in [2.05, 4.69) is 15.9 Å². The van der Waals surface area contributed by atoms with Crippen molar-refractivity contribution < 1.29 is 14.3 Å². The van der Waals surface area contributed by atoms with Crippen molar-refractivity contribution >= 4 is 22.0 Å². The highest BCUT2D eigenvalue weighted by Crippen LogP contribution is 2.31. The molecule has 0 atom stereocenters. The largest absolute Gasteiger partial charge is 0.489 e. The molecule has 2 aromatic carbocycles. The molecule has 1 saturated carbocycles. The van der Waals surface area contributed by atoms with Gasteiger partial charge in [-0.1, -0.05) is 46.3 Å². The minimum absolute atomic E-state index is 0.258. The molecule has 1 aliphatic rings. The molecule has 0 bridgehead atoms. The fourth-order valence-electron chi connectivity index (χ4n) is 2.90. The van der Waals surface area contributed by atoms with Gasteiger partial charge in [-0.2, -0.15) is 0 Å². The van der Waals surface area contributed by atoms with Gasteiger partial charge in [0, 0.05) is 17.6 Å². The quantitative estimate of drug-likeness (QED) is 0.510. The van der Waals surface area contributed by atoms with Crippen LogP contribution in [0.2, 0.25) is 0 Å². The highest BCUT2D eigenvalue weighted by atomic mass is 79.9. The van der Waals surface area contributed by atoms with E-state index in [9.17, 15) is 4.79 Å². The predicted molar refractivity (Wildman–Crippen MR) is 114 cm³/mol. The maximum Gasteiger partial charge on any atom is 0.410 e. The Morgan fingerprint density at radius 1 is 1.11 bits per heavy atom. The van der Waals surface area contributed by atoms with E-state index in [1.807, 2.05) is 74.2 Å². The first-order chi connectivity index (χ1) is 13.3. The number of nitrogens with zero attached hydrogens (tertiary/aromatic N) is 1. The van der Waals surface area contributed by atoms with Gasteiger partial charge in [-0.3, -0.25) is 0 Å². The van der Waals surface area contributed by atoms with Gasteiger partial charge in [0.05, 0.1) is 0 Å². The Kier molecular flexibility index (Phi) is 6.65. The van der Waals surface area contributed by atoms with E-state index < -0.39 is 5.60 Å². The molecule has 4 nitrogen and oxygen atoms in total. The second-order valence-corrected chi connectivity index (χ2v) is 9.29. The Morgan fingerprint density at radius 3 is 2.46 bits per heavy atom. The summed E-state index contributed by atoms with van der Waals surface area (Å²) < 4.78 is 12.5. The molecule has 2 aromatic rings. The van der Waals surface area contributed by atoms with Gasteiger partial charge in [-0.05, 0) is 68.9 Å². The number of hydrogen-bond acceptors (Lipinski definition) is 3. The Bertz CT molecular complexity index is 797. The average Bonchev–Trinajstić information content (AvgIpc) is 3.42. The molecule has 0 unspecified atom stereocenters. The minimum atomic E-state index is -0.500. The first-order valence-electron chi connectivity index (χ1n) is 9.72. The molecular formula is C23H28BrNO3. The number of benzene rings is 2. The number of carbonyl (C=O) groups is 1. The van der Waals surface area contributed by atoms with Crippen LogP contribution in [0.1, 0.15) is 44.7 Å². The monoisotopic (exact) mass is 445 g/mol. The van der Waals surface area contributed by atoms with Crippen molar-refractivity contribution in [2.24, 2.45) is 5.92 Å². The van der Waals surface area contributed by atoms with E-state index >= 15 is 0 Å². The van der Waals surface area contributed by atoms with E-state index in [-0.39, 0.29) is 6.09 Å². The molecule has 0 spiro atoms. The van der Waals surface area contributed by atoms with E-state index in [1.165, 1.54) is 12.8 Å². The third-order valence-corrected chi connectivity index (χ3v) is 4.84. The van der Waals surface area contributed by atoms with E-state index in [1.54, 1.807) is 0 Å². The van der Waals surface area contributed by atoms with E-state index in [4.69, 9.17) is 9.47 Å². The van der Waals surface area contributed by atoms with Crippen LogP contribution in [0.3, 0.4) is 0 Å². The van der Waals surface area contributed by atoms with Gasteiger partial charge >= 0.3 is 6.09 Å². The first-order valence-corrected chi connectivity index (χ1v) is 10.5. The van der Waals surface area contributed by atoms with Crippen LogP contribution in [-0.4, -0.2) is 23.1 Å². The topological polar surface area (TPSA) is 38.8 Å². The molecule has 5 heteroatoms. The maximum atomic E-state index is 12.7. The lowest BCUT2D eigenvalue weighted by atomic mass is 10.2. The highest BCUT2D eigenvalue weighted by Gasteiger charge is 2.29. The van der Waals surface area contributed by atoms with Gasteiger partial charge in [0.1, 0.15) is 18.0 Å². The SMILES string of the molecule is CC(C)(C)OC(=O)N(Cc1cc(Br)cc(OCc2ccccc2)c1)CC1CC1. The highest BCUT2D eigenvalue weighted by molar-refractivity contribution is 9.10. The zero-order chi connectivity index (χ0) is 20.1. The molecule has 150 valence electrons. The molecule has 0 saturated heterocycles. The molecule has 28 heavy (non-hydrogen) atoms. The third-order valence-electron chi connectivity index (χ3n) is 4.38. The molecule has 0 aromatic heterocycles. The first kappa shape index (κ1) is 20.7. The lowest BCUT2D eigenvalue weighted by molar-refractivity contribution is 0.0224. The van der Waals surface area contributed by atoms with Gasteiger partial charge in [-0.15, -0.1) is 0 Å². The van der Waals surface area contributed by atoms with E-state index in [0.717, 1.165) is 27.9 Å². The Hall–Kier alpha value is -2.01. The van der Waals surface area contributed by atoms with Crippen molar-refractivity contribution in [2.75, 3.05) is 6.54 Å². The second-order valence-electron chi connectivity index (χ2n) is 8.37. The fraction of sp³-hybridized carbons (Fsp3) is 0.435. The van der Waals surface area contributed by atoms with Crippen molar-refractivity contribution in [3.63, 3.8) is 0 Å². The summed E-state index contributed by atoms with van der Waals surface area (Å²) in [5.41, 5.74) is 1.64. The number of hydrogen-bond donors (Lipinski definition) is 0. The predicted octanol–water partition coefficient (Wildman–Crippen LogP) is 6.18. The van der Waals surface area contributed by atoms with Crippen LogP contribution >= 0.6 is 15.9 Å². The van der Waals surface area contributed by atoms with Crippen LogP contribution in [0, 0.1) is 5.92 Å². The molecule has 1 fully saturated rings. The van der Waals surface area contributed by atoms with Gasteiger partial charge in [0.15, 0.2) is 0 Å². The van der Waals surface area contributed by atoms with Gasteiger partial charge < -0.3 is 14.4 Å². The number of carbonyl (C=O) groups excluding carboxylic acids is 1. The van der Waals surface area contributed by atoms with Gasteiger partial charge in [-0.25, -0.2) is 4.79 Å². The van der Waals surface area contributed by atoms with Gasteiger partial charge in [0.25, 0.3) is 0 Å². The Balaban J connectivity index is 1.69. The number of rotatable bonds is 7. The van der Waals surface area contributed by atoms with Crippen LogP contribution in [0.4, 0.5) is 4.79 Å². The van der Waals surface area contributed by atoms with Crippen molar-refractivity contribution in [1.82, 2.24) is 4.90 Å².